The second-order valence-corrected chi connectivity index (χ2v) is 6.81. The van der Waals surface area contributed by atoms with Crippen molar-refractivity contribution >= 4 is 29.0 Å². The van der Waals surface area contributed by atoms with E-state index in [2.05, 4.69) is 5.32 Å². The molecule has 0 saturated heterocycles. The van der Waals surface area contributed by atoms with Crippen LogP contribution in [0.25, 0.3) is 0 Å². The minimum absolute atomic E-state index is 0.154. The van der Waals surface area contributed by atoms with Gasteiger partial charge < -0.3 is 10.4 Å². The van der Waals surface area contributed by atoms with Crippen molar-refractivity contribution in [1.29, 1.82) is 0 Å². The summed E-state index contributed by atoms with van der Waals surface area (Å²) in [6, 6.07) is 7.70. The van der Waals surface area contributed by atoms with Gasteiger partial charge in [-0.15, -0.1) is 11.8 Å². The van der Waals surface area contributed by atoms with Crippen molar-refractivity contribution < 1.29 is 9.90 Å². The average molecular weight is 321 g/mol. The molecule has 2 N–H and O–H groups in total. The van der Waals surface area contributed by atoms with Crippen LogP contribution >= 0.6 is 23.1 Å². The first-order chi connectivity index (χ1) is 9.94. The minimum atomic E-state index is -1.05. The first-order valence-corrected chi connectivity index (χ1v) is 8.78. The van der Waals surface area contributed by atoms with Crippen LogP contribution in [0.4, 0.5) is 0 Å². The van der Waals surface area contributed by atoms with E-state index >= 15 is 0 Å². The second kappa shape index (κ2) is 6.64. The topological polar surface area (TPSA) is 49.3 Å². The quantitative estimate of drug-likeness (QED) is 0.830. The van der Waals surface area contributed by atoms with Crippen LogP contribution < -0.4 is 5.32 Å². The summed E-state index contributed by atoms with van der Waals surface area (Å²) >= 11 is 3.13. The Bertz CT molecular complexity index is 621. The number of thioether (sulfide) groups is 1. The smallest absolute Gasteiger partial charge is 0.251 e. The lowest BCUT2D eigenvalue weighted by atomic mass is 9.99. The van der Waals surface area contributed by atoms with E-state index in [-0.39, 0.29) is 12.5 Å². The molecule has 5 heteroatoms. The Hall–Kier alpha value is -1.30. The van der Waals surface area contributed by atoms with Gasteiger partial charge in [0.1, 0.15) is 5.60 Å². The molecule has 0 spiro atoms. The Balaban J connectivity index is 2.08. The van der Waals surface area contributed by atoms with Gasteiger partial charge in [-0.2, -0.15) is 11.3 Å². The highest BCUT2D eigenvalue weighted by Gasteiger charge is 2.24. The summed E-state index contributed by atoms with van der Waals surface area (Å²) in [6.07, 6.45) is 1.98. The highest BCUT2D eigenvalue weighted by atomic mass is 32.2. The monoisotopic (exact) mass is 321 g/mol. The summed E-state index contributed by atoms with van der Waals surface area (Å²) in [5, 5.41) is 17.1. The lowest BCUT2D eigenvalue weighted by molar-refractivity contribution is 0.0530. The van der Waals surface area contributed by atoms with Crippen LogP contribution in [-0.4, -0.2) is 23.8 Å². The number of benzene rings is 1. The molecule has 21 heavy (non-hydrogen) atoms. The Labute approximate surface area is 133 Å². The van der Waals surface area contributed by atoms with Crippen molar-refractivity contribution in [3.63, 3.8) is 0 Å². The molecule has 112 valence electrons. The zero-order valence-electron chi connectivity index (χ0n) is 12.3. The van der Waals surface area contributed by atoms with Crippen LogP contribution in [0.1, 0.15) is 28.4 Å². The standard InChI is InChI=1S/C16H19NO2S2/c1-11-4-5-13(20-3)8-14(11)15(18)17-10-16(2,19)12-6-7-21-9-12/h4-9,19H,10H2,1-3H3,(H,17,18). The van der Waals surface area contributed by atoms with E-state index in [0.29, 0.717) is 5.56 Å². The molecule has 1 amide bonds. The molecule has 0 radical (unpaired) electrons. The van der Waals surface area contributed by atoms with Gasteiger partial charge in [0, 0.05) is 10.5 Å². The average Bonchev–Trinajstić information content (AvgIpc) is 3.00. The van der Waals surface area contributed by atoms with Crippen molar-refractivity contribution in [2.75, 3.05) is 12.8 Å². The molecule has 0 fully saturated rings. The number of hydrogen-bond acceptors (Lipinski definition) is 4. The maximum absolute atomic E-state index is 12.3. The van der Waals surface area contributed by atoms with Gasteiger partial charge in [0.15, 0.2) is 0 Å². The van der Waals surface area contributed by atoms with Gasteiger partial charge in [0.2, 0.25) is 0 Å². The number of nitrogens with one attached hydrogen (secondary N) is 1. The molecule has 1 heterocycles. The third kappa shape index (κ3) is 3.87. The Morgan fingerprint density at radius 3 is 2.81 bits per heavy atom. The zero-order valence-corrected chi connectivity index (χ0v) is 14.0. The molecule has 1 aromatic heterocycles. The zero-order chi connectivity index (χ0) is 15.5. The number of aryl methyl sites for hydroxylation is 1. The first-order valence-electron chi connectivity index (χ1n) is 6.62. The number of carbonyl (C=O) groups is 1. The third-order valence-electron chi connectivity index (χ3n) is 3.43. The number of aliphatic hydroxyl groups is 1. The molecule has 1 unspecified atom stereocenters. The summed E-state index contributed by atoms with van der Waals surface area (Å²) in [7, 11) is 0. The van der Waals surface area contributed by atoms with Gasteiger partial charge >= 0.3 is 0 Å². The highest BCUT2D eigenvalue weighted by molar-refractivity contribution is 7.98. The van der Waals surface area contributed by atoms with Crippen LogP contribution in [0.5, 0.6) is 0 Å². The van der Waals surface area contributed by atoms with Crippen LogP contribution in [0.3, 0.4) is 0 Å². The molecular formula is C16H19NO2S2. The van der Waals surface area contributed by atoms with Gasteiger partial charge in [0.25, 0.3) is 5.91 Å². The van der Waals surface area contributed by atoms with E-state index in [1.54, 1.807) is 18.7 Å². The summed E-state index contributed by atoms with van der Waals surface area (Å²) in [5.74, 6) is -0.154. The van der Waals surface area contributed by atoms with E-state index in [4.69, 9.17) is 0 Å². The molecule has 2 rings (SSSR count). The van der Waals surface area contributed by atoms with Crippen molar-refractivity contribution in [1.82, 2.24) is 5.32 Å². The molecule has 1 aromatic carbocycles. The van der Waals surface area contributed by atoms with E-state index in [1.165, 1.54) is 11.3 Å². The predicted octanol–water partition coefficient (Wildman–Crippen LogP) is 3.42. The maximum Gasteiger partial charge on any atom is 0.251 e. The first kappa shape index (κ1) is 16.1. The Kier molecular flexibility index (Phi) is 5.08. The second-order valence-electron chi connectivity index (χ2n) is 5.15. The minimum Gasteiger partial charge on any atom is -0.384 e. The van der Waals surface area contributed by atoms with E-state index < -0.39 is 5.60 Å². The summed E-state index contributed by atoms with van der Waals surface area (Å²) in [4.78, 5) is 13.4. The molecule has 0 bridgehead atoms. The van der Waals surface area contributed by atoms with Crippen LogP contribution in [0.15, 0.2) is 39.9 Å². The van der Waals surface area contributed by atoms with Gasteiger partial charge in [0.05, 0.1) is 6.54 Å². The Morgan fingerprint density at radius 2 is 2.19 bits per heavy atom. The predicted molar refractivity (Wildman–Crippen MR) is 89.2 cm³/mol. The normalized spacial score (nSPS) is 13.7. The van der Waals surface area contributed by atoms with Crippen LogP contribution in [0.2, 0.25) is 0 Å². The fourth-order valence-electron chi connectivity index (χ4n) is 1.99. The van der Waals surface area contributed by atoms with Crippen molar-refractivity contribution in [2.24, 2.45) is 0 Å². The molecule has 1 atom stereocenters. The molecule has 3 nitrogen and oxygen atoms in total. The van der Waals surface area contributed by atoms with Gasteiger partial charge in [-0.25, -0.2) is 0 Å². The van der Waals surface area contributed by atoms with Crippen molar-refractivity contribution in [3.05, 3.63) is 51.7 Å². The fraction of sp³-hybridized carbons (Fsp3) is 0.312. The Morgan fingerprint density at radius 1 is 1.43 bits per heavy atom. The van der Waals surface area contributed by atoms with Crippen molar-refractivity contribution in [2.45, 2.75) is 24.3 Å². The van der Waals surface area contributed by atoms with Crippen LogP contribution in [-0.2, 0) is 5.60 Å². The van der Waals surface area contributed by atoms with Gasteiger partial charge in [-0.05, 0) is 60.2 Å². The lowest BCUT2D eigenvalue weighted by Gasteiger charge is -2.23. The number of hydrogen-bond donors (Lipinski definition) is 2. The fourth-order valence-corrected chi connectivity index (χ4v) is 3.22. The van der Waals surface area contributed by atoms with Crippen LogP contribution in [0, 0.1) is 6.92 Å². The molecule has 2 aromatic rings. The summed E-state index contributed by atoms with van der Waals surface area (Å²) in [6.45, 7) is 3.81. The SMILES string of the molecule is CSc1ccc(C)c(C(=O)NCC(C)(O)c2ccsc2)c1. The van der Waals surface area contributed by atoms with E-state index in [0.717, 1.165) is 16.0 Å². The molecule has 0 aliphatic rings. The summed E-state index contributed by atoms with van der Waals surface area (Å²) in [5.41, 5.74) is 1.35. The highest BCUT2D eigenvalue weighted by Crippen LogP contribution is 2.23. The molecule has 0 aliphatic heterocycles. The molecular weight excluding hydrogens is 302 g/mol. The van der Waals surface area contributed by atoms with Crippen molar-refractivity contribution in [3.8, 4) is 0 Å². The third-order valence-corrected chi connectivity index (χ3v) is 4.83. The maximum atomic E-state index is 12.3. The number of rotatable bonds is 5. The number of carbonyl (C=O) groups excluding carboxylic acids is 1. The number of thiophene rings is 1. The van der Waals surface area contributed by atoms with Gasteiger partial charge in [-0.1, -0.05) is 6.07 Å². The molecule has 0 aliphatic carbocycles. The summed E-state index contributed by atoms with van der Waals surface area (Å²) < 4.78 is 0. The number of amides is 1. The van der Waals surface area contributed by atoms with Gasteiger partial charge in [-0.3, -0.25) is 4.79 Å². The van der Waals surface area contributed by atoms with E-state index in [9.17, 15) is 9.90 Å². The molecule has 0 saturated carbocycles. The van der Waals surface area contributed by atoms with E-state index in [1.807, 2.05) is 48.2 Å². The lowest BCUT2D eigenvalue weighted by Crippen LogP contribution is -2.38. The largest absolute Gasteiger partial charge is 0.384 e.